The summed E-state index contributed by atoms with van der Waals surface area (Å²) in [5.41, 5.74) is 5.73. The Morgan fingerprint density at radius 3 is 2.39 bits per heavy atom. The van der Waals surface area contributed by atoms with Crippen LogP contribution in [-0.2, 0) is 4.43 Å². The van der Waals surface area contributed by atoms with Crippen LogP contribution in [0.4, 0.5) is 5.69 Å². The summed E-state index contributed by atoms with van der Waals surface area (Å²) < 4.78 is 14.5. The number of nitro groups is 1. The Balaban J connectivity index is 1.55. The summed E-state index contributed by atoms with van der Waals surface area (Å²) in [5, 5.41) is 11.4. The van der Waals surface area contributed by atoms with Crippen LogP contribution in [0.5, 0.6) is 5.75 Å². The topological polar surface area (TPSA) is 78.9 Å². The maximum atomic E-state index is 11.4. The Hall–Kier alpha value is -3.75. The van der Waals surface area contributed by atoms with Crippen LogP contribution >= 0.6 is 0 Å². The maximum Gasteiger partial charge on any atom is 0.273 e. The molecule has 0 aliphatic rings. The molecule has 4 rings (SSSR count). The van der Waals surface area contributed by atoms with Gasteiger partial charge < -0.3 is 13.6 Å². The van der Waals surface area contributed by atoms with E-state index < -0.39 is 19.5 Å². The van der Waals surface area contributed by atoms with E-state index in [1.807, 2.05) is 60.0 Å². The molecule has 0 amide bonds. The number of fused-ring (bicyclic) bond motifs is 1. The molecule has 2 aromatic carbocycles. The van der Waals surface area contributed by atoms with Crippen molar-refractivity contribution in [1.82, 2.24) is 9.38 Å². The van der Waals surface area contributed by atoms with Crippen LogP contribution in [0, 0.1) is 17.0 Å². The van der Waals surface area contributed by atoms with Crippen LogP contribution in [0.3, 0.4) is 0 Å². The minimum atomic E-state index is -2.08. The van der Waals surface area contributed by atoms with Crippen molar-refractivity contribution < 1.29 is 14.1 Å². The second kappa shape index (κ2) is 10.5. The van der Waals surface area contributed by atoms with E-state index in [9.17, 15) is 10.1 Å². The van der Waals surface area contributed by atoms with E-state index in [0.29, 0.717) is 5.75 Å². The highest BCUT2D eigenvalue weighted by Gasteiger charge is 2.39. The van der Waals surface area contributed by atoms with Crippen LogP contribution in [0.15, 0.2) is 67.0 Å². The van der Waals surface area contributed by atoms with Gasteiger partial charge in [-0.25, -0.2) is 4.98 Å². The third-order valence-electron chi connectivity index (χ3n) is 7.03. The van der Waals surface area contributed by atoms with Crippen LogP contribution in [0.2, 0.25) is 18.1 Å². The number of pyridine rings is 1. The second-order valence-corrected chi connectivity index (χ2v) is 15.9. The molecular weight excluding hydrogens is 494 g/mol. The molecule has 2 aromatic heterocycles. The summed E-state index contributed by atoms with van der Waals surface area (Å²) in [7, 11) is -2.08. The molecule has 0 saturated carbocycles. The molecule has 0 radical (unpaired) electrons. The molecule has 38 heavy (non-hydrogen) atoms. The van der Waals surface area contributed by atoms with E-state index in [1.54, 1.807) is 6.07 Å². The van der Waals surface area contributed by atoms with Gasteiger partial charge in [-0.2, -0.15) is 0 Å². The zero-order chi connectivity index (χ0) is 27.7. The first-order chi connectivity index (χ1) is 17.8. The molecule has 0 bridgehead atoms. The maximum absolute atomic E-state index is 11.4. The minimum absolute atomic E-state index is 0.0183. The SMILES string of the molecule is Cc1ccc2nc(-c3ccc(C=Cc4ccc([N+](=O)[O-])cc4OC(C)O[Si](C)(C)C(C)(C)C)cc3)cn2c1. The van der Waals surface area contributed by atoms with E-state index in [1.165, 1.54) is 17.7 Å². The smallest absolute Gasteiger partial charge is 0.273 e. The molecule has 0 N–H and O–H groups in total. The van der Waals surface area contributed by atoms with Crippen molar-refractivity contribution in [2.24, 2.45) is 0 Å². The van der Waals surface area contributed by atoms with Crippen molar-refractivity contribution in [3.63, 3.8) is 0 Å². The van der Waals surface area contributed by atoms with E-state index in [4.69, 9.17) is 14.1 Å². The normalized spacial score (nSPS) is 13.2. The molecule has 0 aliphatic heterocycles. The lowest BCUT2D eigenvalue weighted by molar-refractivity contribution is -0.385. The van der Waals surface area contributed by atoms with Gasteiger partial charge in [0.1, 0.15) is 11.4 Å². The number of benzene rings is 2. The molecule has 0 spiro atoms. The fourth-order valence-electron chi connectivity index (χ4n) is 3.86. The highest BCUT2D eigenvalue weighted by molar-refractivity contribution is 6.74. The fourth-order valence-corrected chi connectivity index (χ4v) is 5.10. The monoisotopic (exact) mass is 529 g/mol. The number of hydrogen-bond acceptors (Lipinski definition) is 5. The number of nitro benzene ring substituents is 1. The van der Waals surface area contributed by atoms with Crippen molar-refractivity contribution in [2.45, 2.75) is 59.0 Å². The van der Waals surface area contributed by atoms with Crippen LogP contribution in [0.1, 0.15) is 44.4 Å². The van der Waals surface area contributed by atoms with Gasteiger partial charge in [0.15, 0.2) is 14.6 Å². The Labute approximate surface area is 225 Å². The number of aromatic nitrogens is 2. The summed E-state index contributed by atoms with van der Waals surface area (Å²) in [4.78, 5) is 15.7. The molecular formula is C30H35N3O4Si. The van der Waals surface area contributed by atoms with Crippen molar-refractivity contribution in [2.75, 3.05) is 0 Å². The number of nitrogens with zero attached hydrogens (tertiary/aromatic N) is 3. The molecule has 7 nitrogen and oxygen atoms in total. The molecule has 8 heteroatoms. The van der Waals surface area contributed by atoms with Crippen LogP contribution in [-0.4, -0.2) is 28.9 Å². The lowest BCUT2D eigenvalue weighted by Gasteiger charge is -2.38. The average Bonchev–Trinajstić information content (AvgIpc) is 3.25. The van der Waals surface area contributed by atoms with Gasteiger partial charge >= 0.3 is 0 Å². The second-order valence-electron chi connectivity index (χ2n) is 11.1. The van der Waals surface area contributed by atoms with Gasteiger partial charge in [0, 0.05) is 29.6 Å². The lowest BCUT2D eigenvalue weighted by Crippen LogP contribution is -2.44. The van der Waals surface area contributed by atoms with Gasteiger partial charge in [0.2, 0.25) is 0 Å². The van der Waals surface area contributed by atoms with Crippen LogP contribution in [0.25, 0.3) is 29.1 Å². The van der Waals surface area contributed by atoms with Gasteiger partial charge in [0.05, 0.1) is 16.7 Å². The lowest BCUT2D eigenvalue weighted by atomic mass is 10.1. The first-order valence-electron chi connectivity index (χ1n) is 12.7. The first kappa shape index (κ1) is 27.3. The summed E-state index contributed by atoms with van der Waals surface area (Å²) in [5.74, 6) is 0.415. The van der Waals surface area contributed by atoms with Crippen molar-refractivity contribution in [3.05, 3.63) is 93.8 Å². The summed E-state index contributed by atoms with van der Waals surface area (Å²) >= 11 is 0. The zero-order valence-electron chi connectivity index (χ0n) is 23.1. The molecule has 1 atom stereocenters. The Kier molecular flexibility index (Phi) is 7.57. The van der Waals surface area contributed by atoms with Crippen molar-refractivity contribution in [3.8, 4) is 17.0 Å². The quantitative estimate of drug-likeness (QED) is 0.0757. The third-order valence-corrected chi connectivity index (χ3v) is 11.6. The number of imidazole rings is 1. The van der Waals surface area contributed by atoms with E-state index in [-0.39, 0.29) is 10.7 Å². The highest BCUT2D eigenvalue weighted by atomic mass is 28.4. The number of ether oxygens (including phenoxy) is 1. The highest BCUT2D eigenvalue weighted by Crippen LogP contribution is 2.38. The average molecular weight is 530 g/mol. The predicted octanol–water partition coefficient (Wildman–Crippen LogP) is 8.13. The van der Waals surface area contributed by atoms with Gasteiger partial charge in [-0.1, -0.05) is 63.3 Å². The molecule has 0 fully saturated rings. The molecule has 0 saturated heterocycles. The standard InChI is InChI=1S/C30H35N3O4Si/c1-21-8-17-29-31-27(20-32(29)19-21)24-12-9-23(10-13-24)11-14-25-15-16-26(33(34)35)18-28(25)36-22(2)37-38(6,7)30(3,4)5/h8-20,22H,1-7H3. The van der Waals surface area contributed by atoms with Crippen LogP contribution < -0.4 is 4.74 Å². The summed E-state index contributed by atoms with van der Waals surface area (Å²) in [6.07, 6.45) is 7.41. The van der Waals surface area contributed by atoms with Gasteiger partial charge in [-0.05, 0) is 55.2 Å². The molecule has 2 heterocycles. The Morgan fingerprint density at radius 2 is 1.74 bits per heavy atom. The van der Waals surface area contributed by atoms with Crippen molar-refractivity contribution in [1.29, 1.82) is 0 Å². The molecule has 1 unspecified atom stereocenters. The first-order valence-corrected chi connectivity index (χ1v) is 15.6. The number of hydrogen-bond donors (Lipinski definition) is 0. The zero-order valence-corrected chi connectivity index (χ0v) is 24.1. The molecule has 0 aliphatic carbocycles. The fraction of sp³-hybridized carbons (Fsp3) is 0.300. The summed E-state index contributed by atoms with van der Waals surface area (Å²) in [6, 6.07) is 16.8. The van der Waals surface area contributed by atoms with E-state index >= 15 is 0 Å². The van der Waals surface area contributed by atoms with E-state index in [0.717, 1.165) is 28.0 Å². The molecule has 198 valence electrons. The minimum Gasteiger partial charge on any atom is -0.465 e. The van der Waals surface area contributed by atoms with Crippen molar-refractivity contribution >= 4 is 31.8 Å². The number of aryl methyl sites for hydroxylation is 1. The largest absolute Gasteiger partial charge is 0.465 e. The summed E-state index contributed by atoms with van der Waals surface area (Å²) in [6.45, 7) is 14.7. The molecule has 4 aromatic rings. The number of non-ortho nitro benzene ring substituents is 1. The third kappa shape index (κ3) is 6.20. The Bertz CT molecular complexity index is 1480. The van der Waals surface area contributed by atoms with E-state index in [2.05, 4.69) is 53.1 Å². The van der Waals surface area contributed by atoms with Gasteiger partial charge in [-0.3, -0.25) is 10.1 Å². The number of rotatable bonds is 8. The Morgan fingerprint density at radius 1 is 1.03 bits per heavy atom. The predicted molar refractivity (Wildman–Crippen MR) is 156 cm³/mol. The van der Waals surface area contributed by atoms with Gasteiger partial charge in [0.25, 0.3) is 5.69 Å². The van der Waals surface area contributed by atoms with Gasteiger partial charge in [-0.15, -0.1) is 0 Å².